The highest BCUT2D eigenvalue weighted by Crippen LogP contribution is 2.34. The molecule has 0 fully saturated rings. The number of benzene rings is 1. The predicted octanol–water partition coefficient (Wildman–Crippen LogP) is 2.34. The second-order valence-electron chi connectivity index (χ2n) is 4.82. The summed E-state index contributed by atoms with van der Waals surface area (Å²) in [5.41, 5.74) is 7.87. The Kier molecular flexibility index (Phi) is 2.68. The first-order valence-electron chi connectivity index (χ1n) is 6.78. The van der Waals surface area contributed by atoms with Crippen molar-refractivity contribution in [2.45, 2.75) is 19.5 Å². The third-order valence-electron chi connectivity index (χ3n) is 3.47. The monoisotopic (exact) mass is 298 g/mol. The van der Waals surface area contributed by atoms with E-state index in [9.17, 15) is 0 Å². The van der Waals surface area contributed by atoms with E-state index in [1.54, 1.807) is 11.3 Å². The Balaban J connectivity index is 1.93. The van der Waals surface area contributed by atoms with Crippen molar-refractivity contribution in [1.82, 2.24) is 14.5 Å². The molecule has 0 radical (unpaired) electrons. The number of anilines is 1. The van der Waals surface area contributed by atoms with Crippen molar-refractivity contribution in [3.63, 3.8) is 0 Å². The number of aromatic nitrogens is 3. The average Bonchev–Trinajstić information content (AvgIpc) is 3.10. The van der Waals surface area contributed by atoms with E-state index in [1.165, 1.54) is 0 Å². The first-order valence-corrected chi connectivity index (χ1v) is 7.60. The number of imidazole rings is 1. The molecule has 0 saturated carbocycles. The van der Waals surface area contributed by atoms with E-state index in [1.807, 2.05) is 30.5 Å². The summed E-state index contributed by atoms with van der Waals surface area (Å²) in [5.74, 6) is 1.11. The molecule has 0 spiro atoms. The van der Waals surface area contributed by atoms with E-state index in [4.69, 9.17) is 5.73 Å². The SMILES string of the molecule is CCc1ncc([C@@H]2N=C(N)Nc3nc4ccccc4n32)s1. The number of aliphatic imine (C=N–C) groups is 1. The standard InChI is InChI=1S/C14H14N6S/c1-2-11-16-7-10(21-11)12-18-13(15)19-14-17-8-5-3-4-6-9(8)20(12)14/h3-7,12H,2H2,1H3,(H3,15,17,18,19)/t12-/m1/s1. The van der Waals surface area contributed by atoms with E-state index >= 15 is 0 Å². The number of rotatable bonds is 2. The van der Waals surface area contributed by atoms with Gasteiger partial charge in [0.1, 0.15) is 0 Å². The van der Waals surface area contributed by atoms with Gasteiger partial charge in [-0.15, -0.1) is 11.3 Å². The zero-order valence-electron chi connectivity index (χ0n) is 11.4. The van der Waals surface area contributed by atoms with Crippen LogP contribution in [-0.2, 0) is 6.42 Å². The van der Waals surface area contributed by atoms with Gasteiger partial charge >= 0.3 is 0 Å². The third-order valence-corrected chi connectivity index (χ3v) is 4.65. The molecule has 1 aromatic carbocycles. The minimum atomic E-state index is -0.202. The largest absolute Gasteiger partial charge is 0.370 e. The summed E-state index contributed by atoms with van der Waals surface area (Å²) >= 11 is 1.67. The topological polar surface area (TPSA) is 81.1 Å². The van der Waals surface area contributed by atoms with Crippen LogP contribution in [0.4, 0.5) is 5.95 Å². The van der Waals surface area contributed by atoms with Gasteiger partial charge < -0.3 is 5.73 Å². The molecule has 0 saturated heterocycles. The quantitative estimate of drug-likeness (QED) is 0.761. The van der Waals surface area contributed by atoms with E-state index in [2.05, 4.69) is 31.8 Å². The van der Waals surface area contributed by atoms with Crippen molar-refractivity contribution in [3.05, 3.63) is 40.3 Å². The van der Waals surface area contributed by atoms with Crippen molar-refractivity contribution >= 4 is 34.3 Å². The van der Waals surface area contributed by atoms with Crippen LogP contribution in [0.1, 0.15) is 23.0 Å². The molecule has 0 aliphatic carbocycles. The fraction of sp³-hybridized carbons (Fsp3) is 0.214. The van der Waals surface area contributed by atoms with Crippen LogP contribution in [0.3, 0.4) is 0 Å². The number of nitrogens with zero attached hydrogens (tertiary/aromatic N) is 4. The molecule has 3 aromatic rings. The Labute approximate surface area is 125 Å². The molecule has 106 valence electrons. The van der Waals surface area contributed by atoms with Crippen molar-refractivity contribution in [2.24, 2.45) is 10.7 Å². The lowest BCUT2D eigenvalue weighted by Crippen LogP contribution is -2.31. The number of hydrogen-bond donors (Lipinski definition) is 2. The highest BCUT2D eigenvalue weighted by molar-refractivity contribution is 7.11. The highest BCUT2D eigenvalue weighted by atomic mass is 32.1. The zero-order chi connectivity index (χ0) is 14.4. The van der Waals surface area contributed by atoms with Crippen LogP contribution in [0.15, 0.2) is 35.5 Å². The molecule has 1 atom stereocenters. The molecule has 0 bridgehead atoms. The number of aryl methyl sites for hydroxylation is 1. The summed E-state index contributed by atoms with van der Waals surface area (Å²) in [7, 11) is 0. The molecule has 1 aliphatic rings. The van der Waals surface area contributed by atoms with Crippen LogP contribution in [0.25, 0.3) is 11.0 Å². The first kappa shape index (κ1) is 12.3. The molecule has 6 nitrogen and oxygen atoms in total. The molecule has 2 aromatic heterocycles. The minimum Gasteiger partial charge on any atom is -0.370 e. The Hall–Kier alpha value is -2.41. The lowest BCUT2D eigenvalue weighted by Gasteiger charge is -2.22. The predicted molar refractivity (Wildman–Crippen MR) is 84.6 cm³/mol. The first-order chi connectivity index (χ1) is 10.3. The molecule has 0 unspecified atom stereocenters. The molecule has 7 heteroatoms. The highest BCUT2D eigenvalue weighted by Gasteiger charge is 2.26. The van der Waals surface area contributed by atoms with Gasteiger partial charge in [0.2, 0.25) is 5.95 Å². The van der Waals surface area contributed by atoms with E-state index in [-0.39, 0.29) is 6.17 Å². The minimum absolute atomic E-state index is 0.202. The zero-order valence-corrected chi connectivity index (χ0v) is 12.3. The molecular weight excluding hydrogens is 284 g/mol. The average molecular weight is 298 g/mol. The van der Waals surface area contributed by atoms with Gasteiger partial charge in [0.15, 0.2) is 12.1 Å². The summed E-state index contributed by atoms with van der Waals surface area (Å²) < 4.78 is 2.07. The van der Waals surface area contributed by atoms with E-state index in [0.29, 0.717) is 5.96 Å². The van der Waals surface area contributed by atoms with E-state index < -0.39 is 0 Å². The molecule has 21 heavy (non-hydrogen) atoms. The molecule has 3 heterocycles. The maximum atomic E-state index is 5.91. The molecule has 3 N–H and O–H groups in total. The second-order valence-corrected chi connectivity index (χ2v) is 5.96. The van der Waals surface area contributed by atoms with Crippen molar-refractivity contribution in [3.8, 4) is 0 Å². The van der Waals surface area contributed by atoms with Crippen molar-refractivity contribution in [2.75, 3.05) is 5.32 Å². The van der Waals surface area contributed by atoms with E-state index in [0.717, 1.165) is 33.3 Å². The molecule has 0 amide bonds. The molecular formula is C14H14N6S. The lowest BCUT2D eigenvalue weighted by atomic mass is 10.3. The number of thiazole rings is 1. The normalized spacial score (nSPS) is 17.4. The van der Waals surface area contributed by atoms with Crippen molar-refractivity contribution < 1.29 is 0 Å². The number of nitrogens with one attached hydrogen (secondary N) is 1. The summed E-state index contributed by atoms with van der Waals surface area (Å²) in [6.07, 6.45) is 2.60. The maximum Gasteiger partial charge on any atom is 0.212 e. The van der Waals surface area contributed by atoms with Gasteiger partial charge in [0, 0.05) is 6.20 Å². The molecule has 1 aliphatic heterocycles. The fourth-order valence-corrected chi connectivity index (χ4v) is 3.41. The van der Waals surface area contributed by atoms with Crippen LogP contribution in [0.5, 0.6) is 0 Å². The van der Waals surface area contributed by atoms with Gasteiger partial charge in [-0.05, 0) is 18.6 Å². The Bertz CT molecular complexity index is 846. The Morgan fingerprint density at radius 2 is 2.24 bits per heavy atom. The van der Waals surface area contributed by atoms with Crippen LogP contribution < -0.4 is 11.1 Å². The summed E-state index contributed by atoms with van der Waals surface area (Å²) in [6.45, 7) is 2.10. The van der Waals surface area contributed by atoms with Gasteiger partial charge in [-0.25, -0.2) is 15.0 Å². The summed E-state index contributed by atoms with van der Waals surface area (Å²) in [4.78, 5) is 14.6. The number of para-hydroxylation sites is 2. The van der Waals surface area contributed by atoms with Gasteiger partial charge in [-0.1, -0.05) is 19.1 Å². The number of fused-ring (bicyclic) bond motifs is 3. The van der Waals surface area contributed by atoms with Gasteiger partial charge in [0.25, 0.3) is 0 Å². The number of guanidine groups is 1. The smallest absolute Gasteiger partial charge is 0.212 e. The van der Waals surface area contributed by atoms with Gasteiger partial charge in [-0.3, -0.25) is 9.88 Å². The number of nitrogens with two attached hydrogens (primary N) is 1. The van der Waals surface area contributed by atoms with Crippen LogP contribution in [0.2, 0.25) is 0 Å². The fourth-order valence-electron chi connectivity index (χ4n) is 2.51. The van der Waals surface area contributed by atoms with Gasteiger partial charge in [-0.2, -0.15) is 0 Å². The lowest BCUT2D eigenvalue weighted by molar-refractivity contribution is 0.636. The molecule has 4 rings (SSSR count). The Morgan fingerprint density at radius 3 is 3.05 bits per heavy atom. The maximum absolute atomic E-state index is 5.91. The number of hydrogen-bond acceptors (Lipinski definition) is 6. The Morgan fingerprint density at radius 1 is 1.38 bits per heavy atom. The second kappa shape index (κ2) is 4.56. The summed E-state index contributed by atoms with van der Waals surface area (Å²) in [6, 6.07) is 8.00. The summed E-state index contributed by atoms with van der Waals surface area (Å²) in [5, 5.41) is 4.13. The van der Waals surface area contributed by atoms with Gasteiger partial charge in [0.05, 0.1) is 20.9 Å². The third kappa shape index (κ3) is 1.89. The van der Waals surface area contributed by atoms with Crippen LogP contribution >= 0.6 is 11.3 Å². The van der Waals surface area contributed by atoms with Crippen LogP contribution in [0, 0.1) is 0 Å². The van der Waals surface area contributed by atoms with Crippen molar-refractivity contribution in [1.29, 1.82) is 0 Å². The van der Waals surface area contributed by atoms with Crippen LogP contribution in [-0.4, -0.2) is 20.5 Å².